The summed E-state index contributed by atoms with van der Waals surface area (Å²) in [5.74, 6) is -3.04. The number of rotatable bonds is 2. The van der Waals surface area contributed by atoms with Gasteiger partial charge in [-0.1, -0.05) is 24.3 Å². The number of hydrogen-bond acceptors (Lipinski definition) is 4. The van der Waals surface area contributed by atoms with E-state index in [1.54, 1.807) is 0 Å². The average Bonchev–Trinajstić information content (AvgIpc) is 2.04. The predicted molar refractivity (Wildman–Crippen MR) is 36.2 cm³/mol. The molecule has 0 radical (unpaired) electrons. The molecule has 0 aliphatic heterocycles. The molecular weight excluding hydrogens is 206 g/mol. The first kappa shape index (κ1) is 16.6. The maximum atomic E-state index is 10.3. The molecule has 0 bridgehead atoms. The maximum absolute atomic E-state index is 10.3. The summed E-state index contributed by atoms with van der Waals surface area (Å²) in [7, 11) is 0. The van der Waals surface area contributed by atoms with Crippen LogP contribution in [0, 0.1) is 0 Å². The molecule has 0 unspecified atom stereocenters. The van der Waals surface area contributed by atoms with Gasteiger partial charge < -0.3 is 19.8 Å². The molecule has 0 saturated heterocycles. The van der Waals surface area contributed by atoms with E-state index >= 15 is 0 Å². The third kappa shape index (κ3) is 4.13. The molecule has 0 aromatic heterocycles. The van der Waals surface area contributed by atoms with Crippen molar-refractivity contribution >= 4 is 11.9 Å². The van der Waals surface area contributed by atoms with Gasteiger partial charge in [0.2, 0.25) is 0 Å². The van der Waals surface area contributed by atoms with Crippen LogP contribution in [-0.4, -0.2) is 11.9 Å². The Balaban J connectivity index is -0.000000480. The van der Waals surface area contributed by atoms with Crippen molar-refractivity contribution in [3.63, 3.8) is 0 Å². The van der Waals surface area contributed by atoms with Crippen molar-refractivity contribution in [2.45, 2.75) is 0 Å². The Morgan fingerprint density at radius 1 is 0.929 bits per heavy atom. The first-order valence-corrected chi connectivity index (χ1v) is 3.14. The number of carbonyl (C=O) groups excluding carboxylic acids is 2. The van der Waals surface area contributed by atoms with Crippen molar-refractivity contribution in [3.8, 4) is 0 Å². The van der Waals surface area contributed by atoms with Gasteiger partial charge in [0.15, 0.2) is 0 Å². The summed E-state index contributed by atoms with van der Waals surface area (Å²) >= 11 is 0. The maximum Gasteiger partial charge on any atom is 1.00 e. The second-order valence-electron chi connectivity index (χ2n) is 2.12. The molecule has 1 aromatic carbocycles. The zero-order chi connectivity index (χ0) is 9.14. The van der Waals surface area contributed by atoms with Crippen molar-refractivity contribution in [2.75, 3.05) is 0 Å². The smallest absolute Gasteiger partial charge is 0.545 e. The average molecular weight is 211 g/mol. The Bertz CT molecular complexity index is 310. The summed E-state index contributed by atoms with van der Waals surface area (Å²) in [6, 6.07) is 5.14. The van der Waals surface area contributed by atoms with Crippen LogP contribution in [0.15, 0.2) is 24.3 Å². The second-order valence-corrected chi connectivity index (χ2v) is 2.12. The Kier molecular flexibility index (Phi) is 8.83. The van der Waals surface area contributed by atoms with Gasteiger partial charge in [-0.25, -0.2) is 0 Å². The van der Waals surface area contributed by atoms with Crippen LogP contribution in [-0.2, 0) is 0 Å². The van der Waals surface area contributed by atoms with Crippen molar-refractivity contribution in [2.24, 2.45) is 0 Å². The molecule has 0 aliphatic carbocycles. The molecule has 0 atom stereocenters. The van der Waals surface area contributed by atoms with Crippen molar-refractivity contribution in [3.05, 3.63) is 35.4 Å². The Morgan fingerprint density at radius 2 is 1.21 bits per heavy atom. The normalized spacial score (nSPS) is 8.00. The summed E-state index contributed by atoms with van der Waals surface area (Å²) < 4.78 is 0. The van der Waals surface area contributed by atoms with Gasteiger partial charge in [0.1, 0.15) is 0 Å². The predicted octanol–water partition coefficient (Wildman–Crippen LogP) is -7.47. The molecule has 0 saturated carbocycles. The molecule has 4 nitrogen and oxygen atoms in total. The molecule has 0 N–H and O–H groups in total. The van der Waals surface area contributed by atoms with Gasteiger partial charge in [0, 0.05) is 11.1 Å². The minimum Gasteiger partial charge on any atom is -0.545 e. The van der Waals surface area contributed by atoms with Gasteiger partial charge in [0.25, 0.3) is 0 Å². The van der Waals surface area contributed by atoms with E-state index < -0.39 is 11.9 Å². The standard InChI is InChI=1S/C8H6O4.2Na/c9-7(10)5-3-1-2-4-6(5)8(11)12;;/h1-4H,(H,9,10)(H,11,12);;/q;2*+1/p-1. The SMILES string of the molecule is O=C([O-])c1ccccc1C(=O)[O-].[H+].[Na+].[Na+]. The van der Waals surface area contributed by atoms with Gasteiger partial charge in [-0.2, -0.15) is 0 Å². The third-order valence-corrected chi connectivity index (χ3v) is 1.37. The third-order valence-electron chi connectivity index (χ3n) is 1.37. The van der Waals surface area contributed by atoms with E-state index in [-0.39, 0.29) is 71.7 Å². The van der Waals surface area contributed by atoms with E-state index in [4.69, 9.17) is 0 Å². The van der Waals surface area contributed by atoms with E-state index in [0.717, 1.165) is 12.1 Å². The van der Waals surface area contributed by atoms with Crippen molar-refractivity contribution in [1.29, 1.82) is 0 Å². The van der Waals surface area contributed by atoms with E-state index in [1.807, 2.05) is 0 Å². The first-order valence-electron chi connectivity index (χ1n) is 3.14. The van der Waals surface area contributed by atoms with Crippen molar-refractivity contribution in [1.82, 2.24) is 0 Å². The Hall–Kier alpha value is 0.160. The van der Waals surface area contributed by atoms with Gasteiger partial charge in [-0.15, -0.1) is 0 Å². The second kappa shape index (κ2) is 7.45. The van der Waals surface area contributed by atoms with Crippen LogP contribution in [0.5, 0.6) is 0 Å². The zero-order valence-electron chi connectivity index (χ0n) is 8.94. The summed E-state index contributed by atoms with van der Waals surface area (Å²) in [5.41, 5.74) is -0.727. The number of carboxylic acids is 2. The molecule has 1 rings (SSSR count). The molecule has 0 fully saturated rings. The number of hydrogen-bond donors (Lipinski definition) is 0. The molecular formula is C8H5Na2O4+. The van der Waals surface area contributed by atoms with E-state index in [0.29, 0.717) is 0 Å². The van der Waals surface area contributed by atoms with Crippen LogP contribution >= 0.6 is 0 Å². The molecule has 0 aliphatic rings. The largest absolute Gasteiger partial charge is 1.00 e. The first-order chi connectivity index (χ1) is 5.63. The molecule has 62 valence electrons. The molecule has 0 spiro atoms. The molecule has 0 amide bonds. The fourth-order valence-electron chi connectivity index (χ4n) is 0.839. The van der Waals surface area contributed by atoms with E-state index in [1.165, 1.54) is 12.1 Å². The summed E-state index contributed by atoms with van der Waals surface area (Å²) in [5, 5.41) is 20.6. The Labute approximate surface area is 126 Å². The van der Waals surface area contributed by atoms with Gasteiger partial charge >= 0.3 is 60.5 Å². The Morgan fingerprint density at radius 3 is 1.43 bits per heavy atom. The van der Waals surface area contributed by atoms with E-state index in [9.17, 15) is 19.8 Å². The van der Waals surface area contributed by atoms with Crippen LogP contribution in [0.4, 0.5) is 0 Å². The molecule has 14 heavy (non-hydrogen) atoms. The summed E-state index contributed by atoms with van der Waals surface area (Å²) in [6.45, 7) is 0. The minimum atomic E-state index is -1.52. The van der Waals surface area contributed by atoms with Gasteiger partial charge in [0.05, 0.1) is 11.9 Å². The number of carboxylic acid groups (broad SMARTS) is 2. The number of benzene rings is 1. The van der Waals surface area contributed by atoms with Crippen LogP contribution in [0.1, 0.15) is 22.1 Å². The molecule has 0 heterocycles. The zero-order valence-corrected chi connectivity index (χ0v) is 11.9. The summed E-state index contributed by atoms with van der Waals surface area (Å²) in [4.78, 5) is 20.6. The van der Waals surface area contributed by atoms with Crippen molar-refractivity contribution < 1.29 is 80.3 Å². The quantitative estimate of drug-likeness (QED) is 0.455. The van der Waals surface area contributed by atoms with Crippen LogP contribution < -0.4 is 69.3 Å². The summed E-state index contributed by atoms with van der Waals surface area (Å²) in [6.07, 6.45) is 0. The van der Waals surface area contributed by atoms with Crippen LogP contribution in [0.3, 0.4) is 0 Å². The minimum absolute atomic E-state index is 0. The fourth-order valence-corrected chi connectivity index (χ4v) is 0.839. The number of carbonyl (C=O) groups is 2. The van der Waals surface area contributed by atoms with E-state index in [2.05, 4.69) is 0 Å². The molecule has 1 aromatic rings. The molecule has 6 heteroatoms. The fraction of sp³-hybridized carbons (Fsp3) is 0. The number of aromatic carboxylic acids is 2. The monoisotopic (exact) mass is 211 g/mol. The van der Waals surface area contributed by atoms with Gasteiger partial charge in [-0.05, 0) is 0 Å². The van der Waals surface area contributed by atoms with Crippen LogP contribution in [0.25, 0.3) is 0 Å². The van der Waals surface area contributed by atoms with Crippen LogP contribution in [0.2, 0.25) is 0 Å². The topological polar surface area (TPSA) is 80.3 Å². The van der Waals surface area contributed by atoms with Gasteiger partial charge in [-0.3, -0.25) is 0 Å².